The maximum atomic E-state index is 11.0. The van der Waals surface area contributed by atoms with E-state index in [-0.39, 0.29) is 11.3 Å². The third kappa shape index (κ3) is 2.60. The lowest BCUT2D eigenvalue weighted by molar-refractivity contribution is 0.0694. The summed E-state index contributed by atoms with van der Waals surface area (Å²) in [7, 11) is 0. The highest BCUT2D eigenvalue weighted by atomic mass is 16.5. The van der Waals surface area contributed by atoms with Gasteiger partial charge in [-0.15, -0.1) is 0 Å². The number of hydrogen-bond acceptors (Lipinski definition) is 5. The molecule has 0 atom stereocenters. The lowest BCUT2D eigenvalue weighted by atomic mass is 10.2. The van der Waals surface area contributed by atoms with Crippen molar-refractivity contribution in [2.75, 3.05) is 0 Å². The average molecular weight is 245 g/mol. The van der Waals surface area contributed by atoms with Crippen molar-refractivity contribution in [1.29, 1.82) is 0 Å². The van der Waals surface area contributed by atoms with Crippen LogP contribution in [0.25, 0.3) is 0 Å². The Morgan fingerprint density at radius 2 is 2.11 bits per heavy atom. The molecule has 0 aliphatic carbocycles. The molecule has 0 radical (unpaired) electrons. The van der Waals surface area contributed by atoms with Gasteiger partial charge in [0.1, 0.15) is 11.4 Å². The number of nitrogens with zero attached hydrogens (tertiary/aromatic N) is 3. The summed E-state index contributed by atoms with van der Waals surface area (Å²) in [5.41, 5.74) is 0.789. The Morgan fingerprint density at radius 3 is 2.78 bits per heavy atom. The number of hydrogen-bond donors (Lipinski definition) is 1. The molecule has 0 spiro atoms. The molecule has 6 nitrogen and oxygen atoms in total. The van der Waals surface area contributed by atoms with Crippen LogP contribution in [0.2, 0.25) is 0 Å². The van der Waals surface area contributed by atoms with Crippen LogP contribution >= 0.6 is 0 Å². The van der Waals surface area contributed by atoms with Crippen molar-refractivity contribution >= 4 is 5.97 Å². The SMILES string of the molecule is Cc1cc(Oc2cnccc2C(=O)O)nc(C)n1. The first-order valence-corrected chi connectivity index (χ1v) is 5.23. The standard InChI is InChI=1S/C12H11N3O3/c1-7-5-11(15-8(2)14-7)18-10-6-13-4-3-9(10)12(16)17/h3-6H,1-2H3,(H,16,17). The van der Waals surface area contributed by atoms with Crippen LogP contribution < -0.4 is 4.74 Å². The van der Waals surface area contributed by atoms with Crippen LogP contribution in [-0.2, 0) is 0 Å². The Balaban J connectivity index is 2.37. The van der Waals surface area contributed by atoms with Gasteiger partial charge in [0.2, 0.25) is 5.88 Å². The third-order valence-electron chi connectivity index (χ3n) is 2.17. The number of pyridine rings is 1. The highest BCUT2D eigenvalue weighted by molar-refractivity contribution is 5.90. The molecule has 0 fully saturated rings. The summed E-state index contributed by atoms with van der Waals surface area (Å²) in [6.45, 7) is 3.55. The molecule has 0 bridgehead atoms. The normalized spacial score (nSPS) is 10.1. The van der Waals surface area contributed by atoms with E-state index in [0.717, 1.165) is 5.69 Å². The Hall–Kier alpha value is -2.50. The minimum Gasteiger partial charge on any atom is -0.478 e. The second-order valence-corrected chi connectivity index (χ2v) is 3.67. The lowest BCUT2D eigenvalue weighted by Crippen LogP contribution is -2.02. The summed E-state index contributed by atoms with van der Waals surface area (Å²) >= 11 is 0. The smallest absolute Gasteiger partial charge is 0.339 e. The van der Waals surface area contributed by atoms with Crippen molar-refractivity contribution < 1.29 is 14.6 Å². The van der Waals surface area contributed by atoms with Gasteiger partial charge in [0, 0.05) is 18.0 Å². The molecule has 0 saturated heterocycles. The second-order valence-electron chi connectivity index (χ2n) is 3.67. The van der Waals surface area contributed by atoms with Gasteiger partial charge in [-0.05, 0) is 19.9 Å². The highest BCUT2D eigenvalue weighted by Gasteiger charge is 2.12. The Kier molecular flexibility index (Phi) is 3.18. The maximum Gasteiger partial charge on any atom is 0.339 e. The van der Waals surface area contributed by atoms with Gasteiger partial charge >= 0.3 is 5.97 Å². The van der Waals surface area contributed by atoms with Crippen LogP contribution in [0.3, 0.4) is 0 Å². The Labute approximate surface area is 103 Å². The van der Waals surface area contributed by atoms with Crippen molar-refractivity contribution in [3.63, 3.8) is 0 Å². The summed E-state index contributed by atoms with van der Waals surface area (Å²) in [5.74, 6) is -0.0568. The van der Waals surface area contributed by atoms with Gasteiger partial charge in [-0.1, -0.05) is 0 Å². The monoisotopic (exact) mass is 245 g/mol. The van der Waals surface area contributed by atoms with Crippen LogP contribution in [-0.4, -0.2) is 26.0 Å². The number of rotatable bonds is 3. The molecule has 92 valence electrons. The number of ether oxygens (including phenoxy) is 1. The predicted octanol–water partition coefficient (Wildman–Crippen LogP) is 1.98. The zero-order chi connectivity index (χ0) is 13.1. The topological polar surface area (TPSA) is 85.2 Å². The van der Waals surface area contributed by atoms with Gasteiger partial charge in [-0.2, -0.15) is 4.98 Å². The van der Waals surface area contributed by atoms with Gasteiger partial charge in [-0.25, -0.2) is 9.78 Å². The number of aromatic carboxylic acids is 1. The first-order valence-electron chi connectivity index (χ1n) is 5.23. The average Bonchev–Trinajstić information content (AvgIpc) is 2.27. The molecular weight excluding hydrogens is 234 g/mol. The van der Waals surface area contributed by atoms with Gasteiger partial charge in [0.15, 0.2) is 5.75 Å². The lowest BCUT2D eigenvalue weighted by Gasteiger charge is -2.07. The molecule has 0 aromatic carbocycles. The van der Waals surface area contributed by atoms with E-state index < -0.39 is 5.97 Å². The van der Waals surface area contributed by atoms with Gasteiger partial charge < -0.3 is 9.84 Å². The maximum absolute atomic E-state index is 11.0. The fourth-order valence-electron chi connectivity index (χ4n) is 1.49. The van der Waals surface area contributed by atoms with Crippen LogP contribution in [0.1, 0.15) is 21.9 Å². The molecule has 2 heterocycles. The largest absolute Gasteiger partial charge is 0.478 e. The number of aromatic nitrogens is 3. The van der Waals surface area contributed by atoms with E-state index in [1.807, 2.05) is 6.92 Å². The predicted molar refractivity (Wildman–Crippen MR) is 62.8 cm³/mol. The Morgan fingerprint density at radius 1 is 1.33 bits per heavy atom. The van der Waals surface area contributed by atoms with E-state index in [0.29, 0.717) is 11.7 Å². The molecule has 1 N–H and O–H groups in total. The first kappa shape index (κ1) is 12.0. The number of carbonyl (C=O) groups is 1. The van der Waals surface area contributed by atoms with E-state index in [1.54, 1.807) is 13.0 Å². The molecule has 18 heavy (non-hydrogen) atoms. The van der Waals surface area contributed by atoms with Crippen LogP contribution in [0.5, 0.6) is 11.6 Å². The molecular formula is C12H11N3O3. The second kappa shape index (κ2) is 4.79. The molecule has 2 aromatic rings. The fraction of sp³-hybridized carbons (Fsp3) is 0.167. The molecule has 6 heteroatoms. The molecule has 0 unspecified atom stereocenters. The number of carboxylic acids is 1. The summed E-state index contributed by atoms with van der Waals surface area (Å²) in [6, 6.07) is 3.00. The summed E-state index contributed by atoms with van der Waals surface area (Å²) in [6.07, 6.45) is 2.74. The number of aryl methyl sites for hydroxylation is 2. The molecule has 2 aromatic heterocycles. The Bertz CT molecular complexity index is 579. The van der Waals surface area contributed by atoms with E-state index in [2.05, 4.69) is 15.0 Å². The quantitative estimate of drug-likeness (QED) is 0.889. The molecule has 0 saturated carbocycles. The molecule has 0 aliphatic heterocycles. The van der Waals surface area contributed by atoms with Crippen molar-refractivity contribution in [1.82, 2.24) is 15.0 Å². The van der Waals surface area contributed by atoms with E-state index in [4.69, 9.17) is 9.84 Å². The van der Waals surface area contributed by atoms with E-state index in [9.17, 15) is 4.79 Å². The van der Waals surface area contributed by atoms with Crippen molar-refractivity contribution in [3.05, 3.63) is 41.6 Å². The summed E-state index contributed by atoms with van der Waals surface area (Å²) in [4.78, 5) is 23.0. The minimum atomic E-state index is -1.07. The molecule has 0 amide bonds. The third-order valence-corrected chi connectivity index (χ3v) is 2.17. The van der Waals surface area contributed by atoms with Crippen LogP contribution in [0, 0.1) is 13.8 Å². The minimum absolute atomic E-state index is 0.0407. The van der Waals surface area contributed by atoms with E-state index in [1.165, 1.54) is 18.5 Å². The number of carboxylic acid groups (broad SMARTS) is 1. The first-order chi connectivity index (χ1) is 8.56. The van der Waals surface area contributed by atoms with Gasteiger partial charge in [0.25, 0.3) is 0 Å². The molecule has 2 rings (SSSR count). The zero-order valence-electron chi connectivity index (χ0n) is 9.91. The van der Waals surface area contributed by atoms with E-state index >= 15 is 0 Å². The van der Waals surface area contributed by atoms with Gasteiger partial charge in [0.05, 0.1) is 6.20 Å². The zero-order valence-corrected chi connectivity index (χ0v) is 9.91. The van der Waals surface area contributed by atoms with Crippen molar-refractivity contribution in [2.45, 2.75) is 13.8 Å². The van der Waals surface area contributed by atoms with Crippen molar-refractivity contribution in [3.8, 4) is 11.6 Å². The van der Waals surface area contributed by atoms with Crippen LogP contribution in [0.15, 0.2) is 24.5 Å². The van der Waals surface area contributed by atoms with Gasteiger partial charge in [-0.3, -0.25) is 4.98 Å². The highest BCUT2D eigenvalue weighted by Crippen LogP contribution is 2.23. The van der Waals surface area contributed by atoms with Crippen molar-refractivity contribution in [2.24, 2.45) is 0 Å². The molecule has 0 aliphatic rings. The van der Waals surface area contributed by atoms with Crippen LogP contribution in [0.4, 0.5) is 0 Å². The summed E-state index contributed by atoms with van der Waals surface area (Å²) < 4.78 is 5.44. The fourth-order valence-corrected chi connectivity index (χ4v) is 1.49. The summed E-state index contributed by atoms with van der Waals surface area (Å²) in [5, 5.41) is 9.01.